The molecule has 4 atom stereocenters. The number of hydrogen-bond acceptors (Lipinski definition) is 12. The van der Waals surface area contributed by atoms with Crippen LogP contribution in [0.15, 0.2) is 249 Å². The van der Waals surface area contributed by atoms with Crippen molar-refractivity contribution >= 4 is 64.5 Å². The maximum atomic E-state index is 16.5. The van der Waals surface area contributed by atoms with E-state index in [4.69, 9.17) is 0 Å². The lowest BCUT2D eigenvalue weighted by atomic mass is 10.1. The third-order valence-corrected chi connectivity index (χ3v) is 19.8. The fraction of sp³-hybridized carbons (Fsp3) is 0.133. The highest BCUT2D eigenvalue weighted by molar-refractivity contribution is 8.01. The summed E-state index contributed by atoms with van der Waals surface area (Å²) in [4.78, 5) is -1.58. The largest absolute Gasteiger partial charge is 0.603 e. The summed E-state index contributed by atoms with van der Waals surface area (Å²) in [6, 6.07) is 31.9. The molecule has 8 aromatic carbocycles. The summed E-state index contributed by atoms with van der Waals surface area (Å²) >= 11 is 0. The van der Waals surface area contributed by atoms with Gasteiger partial charge in [0.15, 0.2) is 19.6 Å². The van der Waals surface area contributed by atoms with Crippen molar-refractivity contribution in [3.8, 4) is 0 Å². The van der Waals surface area contributed by atoms with Crippen molar-refractivity contribution in [2.45, 2.75) is 72.0 Å². The Kier molecular flexibility index (Phi) is 18.0. The predicted octanol–water partition coefficient (Wildman–Crippen LogP) is 16.9. The second-order valence-corrected chi connectivity index (χ2v) is 26.9. The van der Waals surface area contributed by atoms with Gasteiger partial charge in [0.05, 0.1) is 63.4 Å². The molecule has 0 aromatic heterocycles. The zero-order valence-corrected chi connectivity index (χ0v) is 49.1. The molecule has 456 valence electrons. The molecule has 12 nitrogen and oxygen atoms in total. The van der Waals surface area contributed by atoms with Crippen molar-refractivity contribution in [1.29, 1.82) is 0 Å². The first-order valence-electron chi connectivity index (χ1n) is 25.6. The Bertz CT molecular complexity index is 3730. The normalized spacial score (nSPS) is 23.2. The van der Waals surface area contributed by atoms with E-state index in [1.165, 1.54) is 97.1 Å². The van der Waals surface area contributed by atoms with Crippen LogP contribution in [0.3, 0.4) is 0 Å². The van der Waals surface area contributed by atoms with Crippen LogP contribution in [0.5, 0.6) is 0 Å². The molecule has 4 unspecified atom stereocenters. The molecule has 0 amide bonds. The highest BCUT2D eigenvalue weighted by Crippen LogP contribution is 2.38. The summed E-state index contributed by atoms with van der Waals surface area (Å²) in [7, 11) is -19.7. The summed E-state index contributed by atoms with van der Waals surface area (Å²) in [6.07, 6.45) is -19.9. The maximum absolute atomic E-state index is 16.5. The van der Waals surface area contributed by atoms with E-state index in [9.17, 15) is 52.7 Å². The number of amidine groups is 4. The minimum atomic E-state index is -4.97. The number of benzene rings is 8. The molecule has 9 rings (SSSR count). The molecule has 0 radical (unpaired) electrons. The van der Waals surface area contributed by atoms with Gasteiger partial charge < -0.3 is 18.2 Å². The molecule has 1 aliphatic heterocycles. The molecule has 28 heteroatoms. The van der Waals surface area contributed by atoms with E-state index < -0.39 is 153 Å². The Labute approximate surface area is 500 Å². The molecule has 0 N–H and O–H groups in total. The van der Waals surface area contributed by atoms with Gasteiger partial charge in [-0.2, -0.15) is 52.7 Å². The Hall–Kier alpha value is -7.96. The van der Waals surface area contributed by atoms with Gasteiger partial charge in [-0.1, -0.05) is 119 Å². The lowest BCUT2D eigenvalue weighted by Crippen LogP contribution is -2.22. The van der Waals surface area contributed by atoms with Crippen molar-refractivity contribution < 1.29 is 70.9 Å². The third kappa shape index (κ3) is 14.9. The van der Waals surface area contributed by atoms with Crippen molar-refractivity contribution in [3.05, 3.63) is 261 Å². The minimum absolute atomic E-state index is 0.396. The zero-order chi connectivity index (χ0) is 63.8. The topological polar surface area (TPSA) is 191 Å². The Balaban J connectivity index is 1.59. The molecule has 1 heterocycles. The lowest BCUT2D eigenvalue weighted by molar-refractivity contribution is -0.138. The molecule has 8 aromatic rings. The lowest BCUT2D eigenvalue weighted by Gasteiger charge is -2.22. The average Bonchev–Trinajstić information content (AvgIpc) is 1.53. The molecule has 0 aliphatic carbocycles. The van der Waals surface area contributed by atoms with E-state index >= 15 is 18.2 Å². The number of halogens is 12. The zero-order valence-electron chi connectivity index (χ0n) is 45.9. The van der Waals surface area contributed by atoms with E-state index in [1.54, 1.807) is 27.7 Å². The Morgan fingerprint density at radius 1 is 0.239 bits per heavy atom. The van der Waals surface area contributed by atoms with Gasteiger partial charge in [-0.3, -0.25) is 0 Å². The van der Waals surface area contributed by atoms with Gasteiger partial charge in [-0.05, 0) is 160 Å². The van der Waals surface area contributed by atoms with Crippen LogP contribution in [-0.4, -0.2) is 41.6 Å². The predicted molar refractivity (Wildman–Crippen MR) is 312 cm³/mol. The van der Waals surface area contributed by atoms with E-state index in [0.717, 1.165) is 48.5 Å². The quantitative estimate of drug-likeness (QED) is 0.108. The number of aryl methyl sites for hydroxylation is 4. The molecule has 0 spiro atoms. The van der Waals surface area contributed by atoms with Crippen molar-refractivity contribution in [2.24, 2.45) is 35.0 Å². The summed E-state index contributed by atoms with van der Waals surface area (Å²) in [5, 5.41) is 0. The molecule has 0 bridgehead atoms. The van der Waals surface area contributed by atoms with E-state index in [-0.39, 0.29) is 0 Å². The van der Waals surface area contributed by atoms with Gasteiger partial charge in [-0.15, -0.1) is 0 Å². The Morgan fingerprint density at radius 2 is 0.386 bits per heavy atom. The summed E-state index contributed by atoms with van der Waals surface area (Å²) in [5.41, 5.74) is -4.78. The number of rotatable bonds is 8. The fourth-order valence-corrected chi connectivity index (χ4v) is 14.2. The first kappa shape index (κ1) is 64.5. The van der Waals surface area contributed by atoms with Gasteiger partial charge in [0.2, 0.25) is 0 Å². The van der Waals surface area contributed by atoms with Gasteiger partial charge in [-0.25, -0.2) is 0 Å². The van der Waals surface area contributed by atoms with Crippen molar-refractivity contribution in [3.63, 3.8) is 0 Å². The van der Waals surface area contributed by atoms with E-state index in [2.05, 4.69) is 35.0 Å². The smallest absolute Gasteiger partial charge is 0.416 e. The summed E-state index contributed by atoms with van der Waals surface area (Å²) < 4.78 is 274. The first-order chi connectivity index (χ1) is 41.1. The molecular formula is C60H44F12N8O4S4. The maximum Gasteiger partial charge on any atom is 0.416 e. The average molecular weight is 1300 g/mol. The van der Waals surface area contributed by atoms with Crippen LogP contribution in [0.2, 0.25) is 0 Å². The van der Waals surface area contributed by atoms with Gasteiger partial charge in [0, 0.05) is 22.3 Å². The van der Waals surface area contributed by atoms with Gasteiger partial charge >= 0.3 is 24.7 Å². The molecule has 88 heavy (non-hydrogen) atoms. The molecule has 0 saturated carbocycles. The molecule has 1 aliphatic rings. The highest BCUT2D eigenvalue weighted by Gasteiger charge is 2.37. The summed E-state index contributed by atoms with van der Waals surface area (Å²) in [6.45, 7) is 6.47. The van der Waals surface area contributed by atoms with Crippen LogP contribution in [-0.2, 0) is 65.9 Å². The molecule has 0 fully saturated rings. The summed E-state index contributed by atoms with van der Waals surface area (Å²) in [5.74, 6) is -3.97. The standard InChI is InChI=1S/C60H44F12N8O4S4/c1-37-5-29-49(30-6-37)85(81)73-53(41-13-21-45(22-14-41)57(61,62)63)75-86(82,50-31-7-38(2)8-32-50)77-55(43-17-25-47(26-18-43)59(67,68)69)79-88(84,52-35-11-40(4)12-36-52)80-56(44-19-27-48(28-20-44)60(70,71)72)78-87(83,51-33-9-39(3)10-34-51)76-54(74-85)42-15-23-46(24-16-42)58(64,65)66/h5-36H,1-4H3. The van der Waals surface area contributed by atoms with Crippen LogP contribution in [0.1, 0.15) is 66.8 Å². The first-order valence-corrected chi connectivity index (χ1v) is 31.5. The fourth-order valence-electron chi connectivity index (χ4n) is 8.02. The van der Waals surface area contributed by atoms with E-state index in [1.807, 2.05) is 0 Å². The van der Waals surface area contributed by atoms with Crippen molar-refractivity contribution in [1.82, 2.24) is 0 Å². The Morgan fingerprint density at radius 3 is 0.523 bits per heavy atom. The minimum Gasteiger partial charge on any atom is -0.603 e. The van der Waals surface area contributed by atoms with Crippen molar-refractivity contribution in [2.75, 3.05) is 0 Å². The highest BCUT2D eigenvalue weighted by atomic mass is 32.3. The van der Waals surface area contributed by atoms with Gasteiger partial charge in [0.25, 0.3) is 23.3 Å². The van der Waals surface area contributed by atoms with E-state index in [0.29, 0.717) is 70.8 Å². The van der Waals surface area contributed by atoms with Crippen LogP contribution in [0.25, 0.3) is 0 Å². The van der Waals surface area contributed by atoms with Gasteiger partial charge in [0.1, 0.15) is 0 Å². The number of hydrogen-bond donors (Lipinski definition) is 0. The second-order valence-electron chi connectivity index (χ2n) is 19.6. The monoisotopic (exact) mass is 1300 g/mol. The van der Waals surface area contributed by atoms with Crippen LogP contribution >= 0.6 is 0 Å². The third-order valence-electron chi connectivity index (χ3n) is 12.9. The molecular weight excluding hydrogens is 1250 g/mol. The number of alkyl halides is 12. The second kappa shape index (κ2) is 24.5. The number of nitrogens with zero attached hydrogens (tertiary/aromatic N) is 8. The van der Waals surface area contributed by atoms with Crippen LogP contribution < -0.4 is 0 Å². The SMILES string of the molecule is Cc1ccc([S+]2([O-])=NC(/c3ccc(C(F)(F)F)cc3)=N\[S+]([O-])(c3ccc(C)cc3)=NC(/c3ccc(C(F)(F)F)cc3)=N/[S+]([O-])(c3ccc(C)cc3)=NC(/c3ccc(C(F)(F)F)cc3)=N/[S+]([O-])(c3ccc(C)cc3)=NC(/c3ccc(C(F)(F)F)cc3)=N\2)cc1. The van der Waals surface area contributed by atoms with Crippen LogP contribution in [0, 0.1) is 27.7 Å². The molecule has 0 saturated heterocycles. The van der Waals surface area contributed by atoms with Crippen LogP contribution in [0.4, 0.5) is 52.7 Å².